The Labute approximate surface area is 240 Å². The van der Waals surface area contributed by atoms with Crippen LogP contribution in [-0.2, 0) is 16.2 Å². The van der Waals surface area contributed by atoms with Crippen LogP contribution in [0.3, 0.4) is 0 Å². The zero-order valence-electron chi connectivity index (χ0n) is 21.4. The van der Waals surface area contributed by atoms with Gasteiger partial charge in [0.15, 0.2) is 11.6 Å². The summed E-state index contributed by atoms with van der Waals surface area (Å²) in [5, 5.41) is 4.23. The molecule has 7 heteroatoms. The Kier molecular flexibility index (Phi) is 7.00. The van der Waals surface area contributed by atoms with Crippen LogP contribution in [0.2, 0.25) is 5.02 Å². The molecule has 1 aliphatic heterocycles. The van der Waals surface area contributed by atoms with Crippen molar-refractivity contribution in [1.29, 1.82) is 0 Å². The fourth-order valence-corrected chi connectivity index (χ4v) is 7.55. The second-order valence-corrected chi connectivity index (χ2v) is 14.1. The minimum Gasteiger partial charge on any atom is -0.487 e. The van der Waals surface area contributed by atoms with Crippen molar-refractivity contribution in [3.8, 4) is 5.75 Å². The molecule has 0 radical (unpaired) electrons. The molecular weight excluding hydrogens is 618 g/mol. The van der Waals surface area contributed by atoms with Crippen LogP contribution in [0.15, 0.2) is 67.9 Å². The summed E-state index contributed by atoms with van der Waals surface area (Å²) in [6.45, 7) is 8.88. The van der Waals surface area contributed by atoms with Crippen molar-refractivity contribution in [3.63, 3.8) is 0 Å². The first-order chi connectivity index (χ1) is 17.3. The van der Waals surface area contributed by atoms with E-state index in [-0.39, 0.29) is 22.4 Å². The SMILES string of the molecule is CC1(C)CC(=O)C2=C(C1)NC1=C(C(=O)CC(C)(C)C1)C2c1cc(Br)c(OCc2cccc(Cl)c2)c(Br)c1. The molecule has 0 saturated heterocycles. The summed E-state index contributed by atoms with van der Waals surface area (Å²) in [5.41, 5.74) is 5.00. The van der Waals surface area contributed by atoms with Crippen LogP contribution in [0.1, 0.15) is 70.4 Å². The molecule has 37 heavy (non-hydrogen) atoms. The van der Waals surface area contributed by atoms with E-state index >= 15 is 0 Å². The second-order valence-electron chi connectivity index (χ2n) is 12.0. The molecule has 0 amide bonds. The molecule has 0 fully saturated rings. The van der Waals surface area contributed by atoms with E-state index < -0.39 is 5.92 Å². The number of halogens is 3. The molecule has 2 aliphatic carbocycles. The third-order valence-electron chi connectivity index (χ3n) is 7.35. The molecule has 2 aromatic rings. The van der Waals surface area contributed by atoms with Crippen molar-refractivity contribution in [1.82, 2.24) is 5.32 Å². The number of hydrogen-bond acceptors (Lipinski definition) is 4. The molecule has 0 saturated carbocycles. The molecule has 194 valence electrons. The first-order valence-electron chi connectivity index (χ1n) is 12.5. The van der Waals surface area contributed by atoms with Gasteiger partial charge in [0.25, 0.3) is 0 Å². The monoisotopic (exact) mass is 645 g/mol. The van der Waals surface area contributed by atoms with Gasteiger partial charge in [-0.1, -0.05) is 51.4 Å². The maximum absolute atomic E-state index is 13.6. The number of allylic oxidation sites excluding steroid dienone is 4. The van der Waals surface area contributed by atoms with Gasteiger partial charge in [-0.2, -0.15) is 0 Å². The van der Waals surface area contributed by atoms with Gasteiger partial charge in [-0.3, -0.25) is 9.59 Å². The standard InChI is InChI=1S/C30H30Br2ClNO3/c1-29(2)11-21-26(23(35)13-29)25(27-22(34-21)12-30(3,4)14-24(27)36)17-9-19(31)28(20(32)10-17)37-15-16-6-5-7-18(33)8-16/h5-10,25,34H,11-15H2,1-4H3. The molecule has 5 rings (SSSR count). The maximum atomic E-state index is 13.6. The average molecular weight is 648 g/mol. The predicted octanol–water partition coefficient (Wildman–Crippen LogP) is 8.42. The van der Waals surface area contributed by atoms with Crippen LogP contribution in [0, 0.1) is 10.8 Å². The Morgan fingerprint density at radius 2 is 1.43 bits per heavy atom. The number of benzene rings is 2. The van der Waals surface area contributed by atoms with E-state index in [1.165, 1.54) is 0 Å². The average Bonchev–Trinajstić information content (AvgIpc) is 2.75. The second kappa shape index (κ2) is 9.69. The Balaban J connectivity index is 1.57. The number of ether oxygens (including phenoxy) is 1. The highest BCUT2D eigenvalue weighted by Gasteiger charge is 2.46. The topological polar surface area (TPSA) is 55.4 Å². The van der Waals surface area contributed by atoms with Crippen LogP contribution in [0.4, 0.5) is 0 Å². The number of nitrogens with one attached hydrogen (secondary N) is 1. The Morgan fingerprint density at radius 3 is 1.95 bits per heavy atom. The molecule has 0 bridgehead atoms. The Bertz CT molecular complexity index is 1310. The van der Waals surface area contributed by atoms with Crippen molar-refractivity contribution in [2.45, 2.75) is 65.9 Å². The molecule has 0 unspecified atom stereocenters. The van der Waals surface area contributed by atoms with Gasteiger partial charge in [0, 0.05) is 46.3 Å². The molecule has 1 N–H and O–H groups in total. The number of dihydropyridines is 1. The Hall–Kier alpha value is -1.89. The fourth-order valence-electron chi connectivity index (χ4n) is 5.89. The summed E-state index contributed by atoms with van der Waals surface area (Å²) in [7, 11) is 0. The van der Waals surface area contributed by atoms with E-state index in [4.69, 9.17) is 16.3 Å². The summed E-state index contributed by atoms with van der Waals surface area (Å²) >= 11 is 13.5. The van der Waals surface area contributed by atoms with Gasteiger partial charge < -0.3 is 10.1 Å². The van der Waals surface area contributed by atoms with Crippen LogP contribution < -0.4 is 10.1 Å². The van der Waals surface area contributed by atoms with Crippen LogP contribution in [0.25, 0.3) is 0 Å². The van der Waals surface area contributed by atoms with Gasteiger partial charge >= 0.3 is 0 Å². The molecule has 3 aliphatic rings. The minimum absolute atomic E-state index is 0.112. The van der Waals surface area contributed by atoms with Crippen LogP contribution in [0.5, 0.6) is 5.75 Å². The predicted molar refractivity (Wildman–Crippen MR) is 154 cm³/mol. The molecule has 2 aromatic carbocycles. The highest BCUT2D eigenvalue weighted by atomic mass is 79.9. The molecule has 0 aromatic heterocycles. The van der Waals surface area contributed by atoms with Crippen molar-refractivity contribution in [3.05, 3.63) is 84.0 Å². The normalized spacial score (nSPS) is 20.9. The van der Waals surface area contributed by atoms with E-state index in [1.54, 1.807) is 0 Å². The number of Topliss-reactive ketones (excluding diaryl/α,β-unsaturated/α-hetero) is 2. The smallest absolute Gasteiger partial charge is 0.162 e. The van der Waals surface area contributed by atoms with Crippen molar-refractivity contribution in [2.75, 3.05) is 0 Å². The highest BCUT2D eigenvalue weighted by molar-refractivity contribution is 9.11. The van der Waals surface area contributed by atoms with E-state index in [9.17, 15) is 9.59 Å². The van der Waals surface area contributed by atoms with Gasteiger partial charge in [-0.15, -0.1) is 0 Å². The third kappa shape index (κ3) is 5.35. The number of carbonyl (C=O) groups excluding carboxylic acids is 2. The largest absolute Gasteiger partial charge is 0.487 e. The molecule has 1 heterocycles. The molecule has 0 spiro atoms. The van der Waals surface area contributed by atoms with E-state index in [2.05, 4.69) is 64.9 Å². The molecule has 0 atom stereocenters. The summed E-state index contributed by atoms with van der Waals surface area (Å²) < 4.78 is 7.65. The lowest BCUT2D eigenvalue weighted by Gasteiger charge is -2.44. The molecule has 4 nitrogen and oxygen atoms in total. The van der Waals surface area contributed by atoms with Crippen molar-refractivity contribution in [2.24, 2.45) is 10.8 Å². The number of rotatable bonds is 4. The zero-order valence-corrected chi connectivity index (χ0v) is 25.4. The number of hydrogen-bond donors (Lipinski definition) is 1. The van der Waals surface area contributed by atoms with E-state index in [0.29, 0.717) is 30.2 Å². The molecular formula is C30H30Br2ClNO3. The van der Waals surface area contributed by atoms with Gasteiger partial charge in [0.1, 0.15) is 12.4 Å². The zero-order chi connectivity index (χ0) is 26.7. The first kappa shape index (κ1) is 26.7. The van der Waals surface area contributed by atoms with Crippen molar-refractivity contribution < 1.29 is 14.3 Å². The van der Waals surface area contributed by atoms with Gasteiger partial charge in [0.2, 0.25) is 0 Å². The third-order valence-corrected chi connectivity index (χ3v) is 8.76. The lowest BCUT2D eigenvalue weighted by Crippen LogP contribution is -2.42. The van der Waals surface area contributed by atoms with Gasteiger partial charge in [0.05, 0.1) is 8.95 Å². The van der Waals surface area contributed by atoms with Crippen molar-refractivity contribution >= 4 is 55.0 Å². The highest BCUT2D eigenvalue weighted by Crippen LogP contribution is 2.52. The van der Waals surface area contributed by atoms with Gasteiger partial charge in [-0.05, 0) is 90.9 Å². The quantitative estimate of drug-likeness (QED) is 0.362. The summed E-state index contributed by atoms with van der Waals surface area (Å²) in [5.74, 6) is 0.490. The van der Waals surface area contributed by atoms with E-state index in [0.717, 1.165) is 55.5 Å². The maximum Gasteiger partial charge on any atom is 0.162 e. The first-order valence-corrected chi connectivity index (χ1v) is 14.5. The van der Waals surface area contributed by atoms with Crippen LogP contribution in [-0.4, -0.2) is 11.6 Å². The van der Waals surface area contributed by atoms with E-state index in [1.807, 2.05) is 36.4 Å². The van der Waals surface area contributed by atoms with Gasteiger partial charge in [-0.25, -0.2) is 0 Å². The Morgan fingerprint density at radius 1 is 0.892 bits per heavy atom. The lowest BCUT2D eigenvalue weighted by molar-refractivity contribution is -0.119. The summed E-state index contributed by atoms with van der Waals surface area (Å²) in [6, 6.07) is 11.5. The van der Waals surface area contributed by atoms with Crippen LogP contribution >= 0.6 is 43.5 Å². The summed E-state index contributed by atoms with van der Waals surface area (Å²) in [4.78, 5) is 27.1. The number of carbonyl (C=O) groups is 2. The minimum atomic E-state index is -0.395. The lowest BCUT2D eigenvalue weighted by atomic mass is 9.64. The number of ketones is 2. The summed E-state index contributed by atoms with van der Waals surface area (Å²) in [6.07, 6.45) is 2.49. The fraction of sp³-hybridized carbons (Fsp3) is 0.400.